The number of likely N-dealkylation sites (N-methyl/N-ethyl adjacent to an activating group) is 1. The molecule has 1 N–H and O–H groups in total. The van der Waals surface area contributed by atoms with E-state index in [4.69, 9.17) is 18.9 Å². The van der Waals surface area contributed by atoms with Crippen molar-refractivity contribution >= 4 is 17.9 Å². The lowest BCUT2D eigenvalue weighted by atomic mass is 10.1. The summed E-state index contributed by atoms with van der Waals surface area (Å²) < 4.78 is 23.0. The molecule has 0 saturated carbocycles. The number of allylic oxidation sites excluding steroid dienone is 46. The van der Waals surface area contributed by atoms with Gasteiger partial charge in [0, 0.05) is 12.8 Å². The van der Waals surface area contributed by atoms with Crippen LogP contribution in [0.5, 0.6) is 0 Å². The Labute approximate surface area is 654 Å². The highest BCUT2D eigenvalue weighted by Crippen LogP contribution is 2.14. The number of hydrogen-bond acceptors (Lipinski definition) is 7. The molecule has 0 aliphatic rings. The van der Waals surface area contributed by atoms with Crippen LogP contribution >= 0.6 is 0 Å². The summed E-state index contributed by atoms with van der Waals surface area (Å²) in [6.07, 6.45) is 136. The average molecular weight is 1470 g/mol. The van der Waals surface area contributed by atoms with Crippen molar-refractivity contribution in [3.8, 4) is 0 Å². The van der Waals surface area contributed by atoms with E-state index in [1.165, 1.54) is 19.3 Å². The van der Waals surface area contributed by atoms with Gasteiger partial charge in [0.05, 0.1) is 34.4 Å². The predicted octanol–water partition coefficient (Wildman–Crippen LogP) is 27.2. The van der Waals surface area contributed by atoms with E-state index in [-0.39, 0.29) is 38.6 Å². The zero-order valence-corrected chi connectivity index (χ0v) is 67.7. The summed E-state index contributed by atoms with van der Waals surface area (Å²) in [4.78, 5) is 37.8. The van der Waals surface area contributed by atoms with Gasteiger partial charge in [-0.1, -0.05) is 338 Å². The summed E-state index contributed by atoms with van der Waals surface area (Å²) in [6.45, 7) is 4.57. The molecular weight excluding hydrogens is 1320 g/mol. The zero-order chi connectivity index (χ0) is 77.4. The number of ether oxygens (including phenoxy) is 4. The van der Waals surface area contributed by atoms with Gasteiger partial charge < -0.3 is 28.5 Å². The summed E-state index contributed by atoms with van der Waals surface area (Å²) in [5.41, 5.74) is 0. The Bertz CT molecular complexity index is 2830. The average Bonchev–Trinajstić information content (AvgIpc) is 0.965. The van der Waals surface area contributed by atoms with Crippen molar-refractivity contribution in [1.29, 1.82) is 0 Å². The van der Waals surface area contributed by atoms with Gasteiger partial charge in [-0.2, -0.15) is 0 Å². The second-order valence-corrected chi connectivity index (χ2v) is 27.3. The molecule has 2 atom stereocenters. The summed E-state index contributed by atoms with van der Waals surface area (Å²) in [7, 11) is 5.95. The zero-order valence-electron chi connectivity index (χ0n) is 67.7. The standard InChI is InChI=1S/C98H147NO8/c1-6-8-10-12-14-16-18-20-22-24-26-28-30-32-34-36-38-40-42-44-46-48-50-52-54-56-58-60-62-64-66-68-70-72-74-76-78-80-82-84-86-88-95(100)105-92-94(93-106-98(97(102)103)104-91-90-99(3,4)5)107-96(101)89-87-85-83-81-79-77-75-73-71-69-67-65-63-61-59-57-55-53-51-49-47-45-43-41-39-37-35-33-31-29-27-25-23-21-19-17-15-13-11-9-7-2/h8-11,14-17,20-23,26-29,32-35,38-41,44-47,50-53,56-59,62-65,68-71,75,77,94,98H,6-7,12-13,18-19,24-25,30-31,36-37,42-43,48-49,54-55,60-61,66-67,72-74,76,78-93H2,1-5H3/p+1/b10-8-,11-9-,16-14-,17-15-,22-20-,23-21-,28-26-,29-27-,34-32-,35-33-,40-38-,41-39-,46-44-,47-45-,52-50-,53-51-,58-56-,59-57-,64-62-,65-63-,70-68-,71-69-,77-75-. The first kappa shape index (κ1) is 99.3. The van der Waals surface area contributed by atoms with Crippen LogP contribution in [-0.4, -0.2) is 87.4 Å². The van der Waals surface area contributed by atoms with Crippen LogP contribution in [0.2, 0.25) is 0 Å². The van der Waals surface area contributed by atoms with Gasteiger partial charge in [-0.3, -0.25) is 9.59 Å². The molecule has 0 aliphatic carbocycles. The van der Waals surface area contributed by atoms with Crippen LogP contribution in [-0.2, 0) is 33.3 Å². The van der Waals surface area contributed by atoms with E-state index in [2.05, 4.69) is 293 Å². The number of carboxylic acids is 1. The number of carbonyl (C=O) groups excluding carboxylic acids is 2. The molecule has 0 spiro atoms. The molecule has 9 nitrogen and oxygen atoms in total. The molecule has 0 aromatic rings. The van der Waals surface area contributed by atoms with Gasteiger partial charge in [-0.05, 0) is 186 Å². The van der Waals surface area contributed by atoms with E-state index < -0.39 is 24.3 Å². The summed E-state index contributed by atoms with van der Waals surface area (Å²) in [5, 5.41) is 9.78. The lowest BCUT2D eigenvalue weighted by Gasteiger charge is -2.25. The maximum Gasteiger partial charge on any atom is 0.361 e. The van der Waals surface area contributed by atoms with Gasteiger partial charge in [0.15, 0.2) is 6.10 Å². The molecule has 9 heteroatoms. The van der Waals surface area contributed by atoms with E-state index in [1.54, 1.807) is 0 Å². The number of esters is 2. The number of carbonyl (C=O) groups is 3. The van der Waals surface area contributed by atoms with Crippen molar-refractivity contribution in [3.05, 3.63) is 279 Å². The molecule has 0 aromatic heterocycles. The molecule has 107 heavy (non-hydrogen) atoms. The van der Waals surface area contributed by atoms with Gasteiger partial charge in [0.1, 0.15) is 13.2 Å². The van der Waals surface area contributed by atoms with Gasteiger partial charge in [0.25, 0.3) is 6.29 Å². The normalized spacial score (nSPS) is 14.1. The fourth-order valence-corrected chi connectivity index (χ4v) is 10.00. The van der Waals surface area contributed by atoms with Crippen LogP contribution in [0, 0.1) is 0 Å². The van der Waals surface area contributed by atoms with E-state index in [0.717, 1.165) is 199 Å². The molecule has 0 amide bonds. The van der Waals surface area contributed by atoms with Crippen LogP contribution in [0.1, 0.15) is 258 Å². The number of hydrogen-bond donors (Lipinski definition) is 1. The largest absolute Gasteiger partial charge is 0.477 e. The smallest absolute Gasteiger partial charge is 0.361 e. The summed E-state index contributed by atoms with van der Waals surface area (Å²) >= 11 is 0. The number of quaternary nitrogens is 1. The van der Waals surface area contributed by atoms with Crippen molar-refractivity contribution in [2.45, 2.75) is 270 Å². The molecular formula is C98H148NO8+. The predicted molar refractivity (Wildman–Crippen MR) is 464 cm³/mol. The monoisotopic (exact) mass is 1470 g/mol. The van der Waals surface area contributed by atoms with E-state index in [1.807, 2.05) is 21.1 Å². The highest BCUT2D eigenvalue weighted by Gasteiger charge is 2.25. The van der Waals surface area contributed by atoms with Crippen molar-refractivity contribution in [3.63, 3.8) is 0 Å². The van der Waals surface area contributed by atoms with E-state index in [9.17, 15) is 19.5 Å². The lowest BCUT2D eigenvalue weighted by Crippen LogP contribution is -2.40. The third kappa shape index (κ3) is 85.4. The Morgan fingerprint density at radius 1 is 0.280 bits per heavy atom. The molecule has 0 aromatic carbocycles. The second-order valence-electron chi connectivity index (χ2n) is 27.3. The lowest BCUT2D eigenvalue weighted by molar-refractivity contribution is -0.870. The van der Waals surface area contributed by atoms with Gasteiger partial charge in [-0.15, -0.1) is 0 Å². The van der Waals surface area contributed by atoms with E-state index in [0.29, 0.717) is 23.9 Å². The topological polar surface area (TPSA) is 108 Å². The number of carboxylic acid groups (broad SMARTS) is 1. The Morgan fingerprint density at radius 2 is 0.505 bits per heavy atom. The fourth-order valence-electron chi connectivity index (χ4n) is 10.00. The third-order valence-corrected chi connectivity index (χ3v) is 16.2. The molecule has 592 valence electrons. The number of aliphatic carboxylic acids is 1. The molecule has 0 saturated heterocycles. The van der Waals surface area contributed by atoms with Crippen LogP contribution in [0.25, 0.3) is 0 Å². The van der Waals surface area contributed by atoms with Crippen molar-refractivity contribution in [1.82, 2.24) is 0 Å². The first-order chi connectivity index (χ1) is 52.6. The van der Waals surface area contributed by atoms with Crippen molar-refractivity contribution < 1.29 is 42.9 Å². The molecule has 0 fully saturated rings. The number of rotatable bonds is 72. The Morgan fingerprint density at radius 3 is 0.748 bits per heavy atom. The molecule has 0 aliphatic heterocycles. The van der Waals surface area contributed by atoms with Crippen LogP contribution < -0.4 is 0 Å². The van der Waals surface area contributed by atoms with Gasteiger partial charge in [-0.25, -0.2) is 4.79 Å². The van der Waals surface area contributed by atoms with Crippen LogP contribution in [0.15, 0.2) is 279 Å². The summed E-state index contributed by atoms with van der Waals surface area (Å²) in [5.74, 6) is -2.09. The Balaban J connectivity index is 4.25. The maximum absolute atomic E-state index is 13.0. The number of nitrogens with zero attached hydrogens (tertiary/aromatic N) is 1. The highest BCUT2D eigenvalue weighted by atomic mass is 16.7. The summed E-state index contributed by atoms with van der Waals surface area (Å²) in [6, 6.07) is 0. The highest BCUT2D eigenvalue weighted by molar-refractivity contribution is 5.71. The fraction of sp³-hybridized carbons (Fsp3) is 0.500. The Kier molecular flexibility index (Phi) is 77.9. The van der Waals surface area contributed by atoms with E-state index >= 15 is 0 Å². The van der Waals surface area contributed by atoms with Crippen molar-refractivity contribution in [2.24, 2.45) is 0 Å². The molecule has 0 rings (SSSR count). The molecule has 0 bridgehead atoms. The minimum atomic E-state index is -1.54. The van der Waals surface area contributed by atoms with Gasteiger partial charge in [0.2, 0.25) is 0 Å². The van der Waals surface area contributed by atoms with Gasteiger partial charge >= 0.3 is 17.9 Å². The first-order valence-corrected chi connectivity index (χ1v) is 41.1. The first-order valence-electron chi connectivity index (χ1n) is 41.1. The van der Waals surface area contributed by atoms with Crippen LogP contribution in [0.3, 0.4) is 0 Å². The minimum Gasteiger partial charge on any atom is -0.477 e. The molecule has 2 unspecified atom stereocenters. The molecule has 0 heterocycles. The third-order valence-electron chi connectivity index (χ3n) is 16.2. The van der Waals surface area contributed by atoms with Crippen molar-refractivity contribution in [2.75, 3.05) is 47.5 Å². The maximum atomic E-state index is 13.0. The SMILES string of the molecule is CC/C=C\C/C=C\C/C=C\C/C=C\C/C=C\C/C=C\C/C=C\C/C=C\C/C=C\C/C=C\C/C=C\C/C=C\CCCCCCC(=O)OC(COC(=O)CCCCCCCCC/C=C\C/C=C\C/C=C\C/C=C\C/C=C\C/C=C\C/C=C\C/C=C\C/C=C\C/C=C\C/C=C\CC)COC(OCC[N+](C)(C)C)C(=O)O. The molecule has 0 radical (unpaired) electrons. The number of unbranched alkanes of at least 4 members (excludes halogenated alkanes) is 11. The Hall–Kier alpha value is -7.69. The quantitative estimate of drug-likeness (QED) is 0.0211. The van der Waals surface area contributed by atoms with Crippen LogP contribution in [0.4, 0.5) is 0 Å². The second kappa shape index (κ2) is 83.9. The minimum absolute atomic E-state index is 0.165.